The molecular weight excluding hydrogens is 144 g/mol. The van der Waals surface area contributed by atoms with Gasteiger partial charge in [-0.05, 0) is 6.42 Å². The first-order valence-corrected chi connectivity index (χ1v) is 3.63. The van der Waals surface area contributed by atoms with Gasteiger partial charge in [-0.3, -0.25) is 23.4 Å². The fraction of sp³-hybridized carbons (Fsp3) is 1.00. The van der Waals surface area contributed by atoms with Crippen molar-refractivity contribution in [3.8, 4) is 0 Å². The Morgan fingerprint density at radius 1 is 1.18 bits per heavy atom. The number of hydrogen-bond acceptors (Lipinski definition) is 6. The minimum Gasteiger partial charge on any atom is -0.255 e. The summed E-state index contributed by atoms with van der Waals surface area (Å²) in [7, 11) is 0. The average molecular weight is 162 g/mol. The van der Waals surface area contributed by atoms with E-state index in [1.54, 1.807) is 0 Å². The second-order valence-electron chi connectivity index (χ2n) is 2.59. The third kappa shape index (κ3) is 5.08. The van der Waals surface area contributed by atoms with E-state index in [1.807, 2.05) is 6.92 Å². The van der Waals surface area contributed by atoms with Crippen molar-refractivity contribution in [3.63, 3.8) is 0 Å². The van der Waals surface area contributed by atoms with Crippen molar-refractivity contribution < 1.29 is 0 Å². The summed E-state index contributed by atoms with van der Waals surface area (Å²) < 4.78 is 0. The second-order valence-corrected chi connectivity index (χ2v) is 2.59. The molecule has 0 aliphatic carbocycles. The van der Waals surface area contributed by atoms with Crippen molar-refractivity contribution >= 4 is 0 Å². The van der Waals surface area contributed by atoms with Crippen molar-refractivity contribution in [3.05, 3.63) is 0 Å². The standard InChI is InChI=1S/C5H18N6/c1-2-3-5(11(8)9)4-10(6)7/h5H,2-4,6-9H2,1H3. The summed E-state index contributed by atoms with van der Waals surface area (Å²) in [6, 6.07) is 0.0231. The average Bonchev–Trinajstić information content (AvgIpc) is 1.86. The zero-order valence-corrected chi connectivity index (χ0v) is 6.90. The maximum Gasteiger partial charge on any atom is 0.0550 e. The molecule has 0 radical (unpaired) electrons. The molecule has 6 nitrogen and oxygen atoms in total. The van der Waals surface area contributed by atoms with E-state index in [-0.39, 0.29) is 6.04 Å². The Kier molecular flexibility index (Phi) is 5.30. The molecule has 0 rings (SSSR count). The maximum atomic E-state index is 5.34. The zero-order chi connectivity index (χ0) is 8.85. The Morgan fingerprint density at radius 3 is 2.00 bits per heavy atom. The van der Waals surface area contributed by atoms with E-state index in [0.717, 1.165) is 23.1 Å². The van der Waals surface area contributed by atoms with E-state index < -0.39 is 0 Å². The van der Waals surface area contributed by atoms with E-state index in [9.17, 15) is 0 Å². The van der Waals surface area contributed by atoms with Crippen LogP contribution in [0.15, 0.2) is 0 Å². The van der Waals surface area contributed by atoms with Crippen molar-refractivity contribution in [1.82, 2.24) is 10.2 Å². The van der Waals surface area contributed by atoms with Crippen molar-refractivity contribution in [2.75, 3.05) is 6.54 Å². The van der Waals surface area contributed by atoms with Crippen molar-refractivity contribution in [1.29, 1.82) is 0 Å². The molecule has 8 N–H and O–H groups in total. The normalized spacial score (nSPS) is 14.5. The third-order valence-electron chi connectivity index (χ3n) is 1.47. The van der Waals surface area contributed by atoms with Crippen LogP contribution in [-0.2, 0) is 0 Å². The van der Waals surface area contributed by atoms with E-state index in [2.05, 4.69) is 0 Å². The van der Waals surface area contributed by atoms with Crippen LogP contribution in [0.5, 0.6) is 0 Å². The van der Waals surface area contributed by atoms with E-state index >= 15 is 0 Å². The van der Waals surface area contributed by atoms with Gasteiger partial charge < -0.3 is 0 Å². The fourth-order valence-electron chi connectivity index (χ4n) is 0.911. The van der Waals surface area contributed by atoms with Crippen LogP contribution in [0, 0.1) is 0 Å². The summed E-state index contributed by atoms with van der Waals surface area (Å²) >= 11 is 0. The van der Waals surface area contributed by atoms with Crippen molar-refractivity contribution in [2.45, 2.75) is 25.8 Å². The lowest BCUT2D eigenvalue weighted by atomic mass is 10.2. The van der Waals surface area contributed by atoms with Crippen molar-refractivity contribution in [2.24, 2.45) is 23.4 Å². The molecule has 1 unspecified atom stereocenters. The molecule has 0 amide bonds. The summed E-state index contributed by atoms with van der Waals surface area (Å²) in [5, 5.41) is 2.24. The van der Waals surface area contributed by atoms with Gasteiger partial charge in [0.15, 0.2) is 0 Å². The summed E-state index contributed by atoms with van der Waals surface area (Å²) in [5.41, 5.74) is 0. The van der Waals surface area contributed by atoms with Gasteiger partial charge >= 0.3 is 0 Å². The summed E-state index contributed by atoms with van der Waals surface area (Å²) in [6.07, 6.45) is 1.89. The molecule has 0 saturated carbocycles. The van der Waals surface area contributed by atoms with Gasteiger partial charge in [0.25, 0.3) is 0 Å². The predicted octanol–water partition coefficient (Wildman–Crippen LogP) is -1.75. The Bertz CT molecular complexity index is 93.0. The van der Waals surface area contributed by atoms with E-state index in [1.165, 1.54) is 0 Å². The Morgan fingerprint density at radius 2 is 1.73 bits per heavy atom. The molecule has 0 spiro atoms. The molecule has 0 aromatic rings. The SMILES string of the molecule is CCCC(CN(N)N)N(N)N. The molecular formula is C5H18N6. The first-order chi connectivity index (χ1) is 5.07. The van der Waals surface area contributed by atoms with Crippen LogP contribution in [0.3, 0.4) is 0 Å². The van der Waals surface area contributed by atoms with Gasteiger partial charge in [-0.2, -0.15) is 10.2 Å². The molecule has 0 aliphatic rings. The Hall–Kier alpha value is -0.240. The molecule has 0 fully saturated rings. The maximum absolute atomic E-state index is 5.34. The number of nitrogens with zero attached hydrogens (tertiary/aromatic N) is 2. The van der Waals surface area contributed by atoms with Crippen LogP contribution in [0.1, 0.15) is 19.8 Å². The van der Waals surface area contributed by atoms with Gasteiger partial charge in [0, 0.05) is 6.54 Å². The molecule has 0 aliphatic heterocycles. The quantitative estimate of drug-likeness (QED) is 0.282. The molecule has 6 heteroatoms. The number of hydrazine groups is 4. The molecule has 0 bridgehead atoms. The summed E-state index contributed by atoms with van der Waals surface area (Å²) in [6.45, 7) is 2.52. The minimum atomic E-state index is 0.0231. The molecule has 68 valence electrons. The highest BCUT2D eigenvalue weighted by atomic mass is 15.6. The highest BCUT2D eigenvalue weighted by Gasteiger charge is 2.12. The summed E-state index contributed by atoms with van der Waals surface area (Å²) in [5.74, 6) is 21.2. The largest absolute Gasteiger partial charge is 0.255 e. The van der Waals surface area contributed by atoms with Gasteiger partial charge in [0.2, 0.25) is 0 Å². The first kappa shape index (κ1) is 10.8. The highest BCUT2D eigenvalue weighted by molar-refractivity contribution is 4.64. The fourth-order valence-corrected chi connectivity index (χ4v) is 0.911. The predicted molar refractivity (Wildman–Crippen MR) is 44.0 cm³/mol. The van der Waals surface area contributed by atoms with Crippen LogP contribution in [0.25, 0.3) is 0 Å². The van der Waals surface area contributed by atoms with Gasteiger partial charge in [-0.15, -0.1) is 0 Å². The van der Waals surface area contributed by atoms with Gasteiger partial charge in [-0.1, -0.05) is 13.3 Å². The van der Waals surface area contributed by atoms with Crippen LogP contribution in [0.4, 0.5) is 0 Å². The lowest BCUT2D eigenvalue weighted by Gasteiger charge is -2.24. The van der Waals surface area contributed by atoms with E-state index in [0.29, 0.717) is 6.54 Å². The smallest absolute Gasteiger partial charge is 0.0550 e. The summed E-state index contributed by atoms with van der Waals surface area (Å²) in [4.78, 5) is 0. The number of rotatable bonds is 5. The van der Waals surface area contributed by atoms with Gasteiger partial charge in [-0.25, -0.2) is 0 Å². The Balaban J connectivity index is 3.69. The van der Waals surface area contributed by atoms with E-state index in [4.69, 9.17) is 23.4 Å². The molecule has 0 heterocycles. The lowest BCUT2D eigenvalue weighted by molar-refractivity contribution is 0.133. The molecule has 0 aromatic carbocycles. The molecule has 0 saturated heterocycles. The topological polar surface area (TPSA) is 111 Å². The lowest BCUT2D eigenvalue weighted by Crippen LogP contribution is -2.54. The van der Waals surface area contributed by atoms with Gasteiger partial charge in [0.1, 0.15) is 0 Å². The first-order valence-electron chi connectivity index (χ1n) is 3.63. The molecule has 0 aromatic heterocycles. The van der Waals surface area contributed by atoms with Crippen LogP contribution in [0.2, 0.25) is 0 Å². The third-order valence-corrected chi connectivity index (χ3v) is 1.47. The Labute approximate surface area is 67.0 Å². The molecule has 11 heavy (non-hydrogen) atoms. The zero-order valence-electron chi connectivity index (χ0n) is 6.90. The minimum absolute atomic E-state index is 0.0231. The van der Waals surface area contributed by atoms with Crippen LogP contribution >= 0.6 is 0 Å². The van der Waals surface area contributed by atoms with Gasteiger partial charge in [0.05, 0.1) is 6.04 Å². The van der Waals surface area contributed by atoms with Crippen LogP contribution < -0.4 is 23.4 Å². The number of hydrogen-bond donors (Lipinski definition) is 4. The second kappa shape index (κ2) is 5.42. The number of nitrogens with two attached hydrogens (primary N) is 4. The monoisotopic (exact) mass is 162 g/mol. The van der Waals surface area contributed by atoms with Crippen LogP contribution in [-0.4, -0.2) is 22.8 Å². The molecule has 1 atom stereocenters. The highest BCUT2D eigenvalue weighted by Crippen LogP contribution is 1.99.